The summed E-state index contributed by atoms with van der Waals surface area (Å²) in [4.78, 5) is 73.0. The van der Waals surface area contributed by atoms with Crippen LogP contribution in [0.2, 0.25) is 10.0 Å². The van der Waals surface area contributed by atoms with Crippen LogP contribution < -0.4 is 26.9 Å². The van der Waals surface area contributed by atoms with Crippen LogP contribution in [0.3, 0.4) is 0 Å². The summed E-state index contributed by atoms with van der Waals surface area (Å²) >= 11 is 14.6. The number of likely N-dealkylation sites (N-methyl/N-ethyl adjacent to an activating group) is 1. The SMILES string of the molecule is CC(=O)NCC(=O)NCCOC/C(=C(/N)COc1ccc(Cl)c2c1C(CN1CC3(CC3)CC1=O)N(C(=O)C1CCCC[C@]1(C)C(=O)O)CC2)N(C)N.Cc1sc2c(c1C)C(c1ccc(Cl)cc1)=NCc1nnc(C)n1-2. The van der Waals surface area contributed by atoms with Crippen LogP contribution in [-0.4, -0.2) is 130 Å². The van der Waals surface area contributed by atoms with E-state index in [4.69, 9.17) is 49.2 Å². The first kappa shape index (κ1) is 55.2. The molecule has 3 fully saturated rings. The maximum atomic E-state index is 14.5. The Morgan fingerprint density at radius 1 is 1.01 bits per heavy atom. The Labute approximate surface area is 450 Å². The second-order valence-electron chi connectivity index (χ2n) is 20.5. The molecule has 2 aliphatic carbocycles. The van der Waals surface area contributed by atoms with Crippen LogP contribution in [0.1, 0.15) is 109 Å². The van der Waals surface area contributed by atoms with Gasteiger partial charge in [-0.05, 0) is 101 Å². The Kier molecular flexibility index (Phi) is 17.0. The van der Waals surface area contributed by atoms with Gasteiger partial charge in [0.15, 0.2) is 5.82 Å². The number of halogens is 2. The molecule has 4 aromatic rings. The number of aliphatic carboxylic acids is 1. The van der Waals surface area contributed by atoms with Crippen molar-refractivity contribution in [1.29, 1.82) is 0 Å². The van der Waals surface area contributed by atoms with E-state index in [1.807, 2.05) is 36.1 Å². The van der Waals surface area contributed by atoms with Crippen molar-refractivity contribution in [2.24, 2.45) is 33.3 Å². The third kappa shape index (κ3) is 12.0. The number of nitrogens with zero attached hydrogens (tertiary/aromatic N) is 7. The number of likely N-dealkylation sites (tertiary alicyclic amines) is 1. The van der Waals surface area contributed by atoms with Crippen molar-refractivity contribution in [1.82, 2.24) is 40.2 Å². The molecule has 3 atom stereocenters. The number of aliphatic imine (C=N–C) groups is 1. The molecule has 0 radical (unpaired) electrons. The maximum absolute atomic E-state index is 14.5. The molecular weight excluding hydrogens is 1020 g/mol. The average Bonchev–Trinajstić information content (AvgIpc) is 3.87. The Morgan fingerprint density at radius 2 is 1.76 bits per heavy atom. The molecule has 402 valence electrons. The standard InChI is InChI=1S/C36H52ClN7O8.C17H15ClN4S/c1-22(45)41-17-30(46)40-13-15-51-20-28(42(3)39)26(38)19-52-29-8-7-25(37)23-9-14-44(33(48)24-6-4-5-10-35(24,2)34(49)50)27(32(23)29)18-43-21-36(11-12-36)16-31(43)47;1-9-10(2)23-17-15(9)16(12-4-6-13(18)7-5-12)19-8-14-21-20-11(3)22(14)17/h7-8,24,27H,4-6,9-21,38-39H2,1-3H3,(H,40,46)(H,41,45)(H,49,50);4-7H,8H2,1-3H3/b28-26-;/t24?,27?,35-;/m0./s1. The van der Waals surface area contributed by atoms with Crippen molar-refractivity contribution in [3.8, 4) is 10.8 Å². The number of benzene rings is 2. The third-order valence-corrected chi connectivity index (χ3v) is 17.1. The number of carboxylic acids is 1. The Bertz CT molecular complexity index is 2920. The number of aryl methyl sites for hydroxylation is 2. The number of hydrazine groups is 1. The number of nitrogens with one attached hydrogen (secondary N) is 2. The molecule has 9 rings (SSSR count). The molecule has 2 aromatic carbocycles. The lowest BCUT2D eigenvalue weighted by Gasteiger charge is -2.45. The minimum Gasteiger partial charge on any atom is -0.487 e. The summed E-state index contributed by atoms with van der Waals surface area (Å²) in [6, 6.07) is 10.7. The zero-order valence-electron chi connectivity index (χ0n) is 43.4. The smallest absolute Gasteiger partial charge is 0.310 e. The highest BCUT2D eigenvalue weighted by Gasteiger charge is 2.54. The van der Waals surface area contributed by atoms with E-state index in [-0.39, 0.29) is 74.2 Å². The van der Waals surface area contributed by atoms with Crippen molar-refractivity contribution in [3.63, 3.8) is 0 Å². The van der Waals surface area contributed by atoms with Crippen molar-refractivity contribution in [2.45, 2.75) is 98.6 Å². The first-order chi connectivity index (χ1) is 35.7. The molecule has 3 aliphatic heterocycles. The lowest BCUT2D eigenvalue weighted by molar-refractivity contribution is -0.162. The number of carbonyl (C=O) groups is 5. The van der Waals surface area contributed by atoms with Crippen molar-refractivity contribution < 1.29 is 38.6 Å². The molecule has 7 N–H and O–H groups in total. The van der Waals surface area contributed by atoms with Crippen LogP contribution >= 0.6 is 34.5 Å². The van der Waals surface area contributed by atoms with Crippen molar-refractivity contribution in [3.05, 3.63) is 102 Å². The van der Waals surface area contributed by atoms with Crippen molar-refractivity contribution in [2.75, 3.05) is 59.6 Å². The normalized spacial score (nSPS) is 20.6. The van der Waals surface area contributed by atoms with Crippen LogP contribution in [0.25, 0.3) is 5.00 Å². The Hall–Kier alpha value is -6.06. The predicted molar refractivity (Wildman–Crippen MR) is 286 cm³/mol. The fraction of sp³-hybridized carbons (Fsp3) is 0.509. The third-order valence-electron chi connectivity index (χ3n) is 15.3. The summed E-state index contributed by atoms with van der Waals surface area (Å²) in [5, 5.41) is 27.6. The molecule has 2 aromatic heterocycles. The molecule has 5 aliphatic rings. The van der Waals surface area contributed by atoms with Gasteiger partial charge in [-0.25, -0.2) is 5.84 Å². The van der Waals surface area contributed by atoms with E-state index in [1.54, 1.807) is 42.3 Å². The quantitative estimate of drug-likeness (QED) is 0.0496. The topological polar surface area (TPSA) is 253 Å². The first-order valence-corrected chi connectivity index (χ1v) is 26.9. The van der Waals surface area contributed by atoms with Gasteiger partial charge < -0.3 is 45.8 Å². The molecule has 2 saturated carbocycles. The van der Waals surface area contributed by atoms with Gasteiger partial charge in [0.25, 0.3) is 0 Å². The van der Waals surface area contributed by atoms with E-state index in [9.17, 15) is 29.1 Å². The first-order valence-electron chi connectivity index (χ1n) is 25.3. The van der Waals surface area contributed by atoms with Crippen LogP contribution in [0.5, 0.6) is 5.75 Å². The maximum Gasteiger partial charge on any atom is 0.310 e. The summed E-state index contributed by atoms with van der Waals surface area (Å²) in [7, 11) is 1.61. The number of rotatable bonds is 16. The highest BCUT2D eigenvalue weighted by Crippen LogP contribution is 2.54. The number of carboxylic acid groups (broad SMARTS) is 1. The zero-order chi connectivity index (χ0) is 53.9. The zero-order valence-corrected chi connectivity index (χ0v) is 45.7. The molecule has 4 amide bonds. The average molecular weight is 1090 g/mol. The van der Waals surface area contributed by atoms with Gasteiger partial charge in [0, 0.05) is 78.2 Å². The van der Waals surface area contributed by atoms with E-state index < -0.39 is 23.3 Å². The summed E-state index contributed by atoms with van der Waals surface area (Å²) in [5.74, 6) is 5.81. The van der Waals surface area contributed by atoms with Crippen molar-refractivity contribution >= 4 is 69.8 Å². The minimum absolute atomic E-state index is 0.00654. The minimum atomic E-state index is -1.19. The number of aromatic nitrogens is 3. The number of carbonyl (C=O) groups excluding carboxylic acids is 4. The van der Waals surface area contributed by atoms with Crippen LogP contribution in [0.15, 0.2) is 52.8 Å². The molecule has 5 heterocycles. The summed E-state index contributed by atoms with van der Waals surface area (Å²) in [6.45, 7) is 11.2. The largest absolute Gasteiger partial charge is 0.487 e. The predicted octanol–water partition coefficient (Wildman–Crippen LogP) is 5.94. The number of fused-ring (bicyclic) bond motifs is 4. The molecule has 19 nitrogen and oxygen atoms in total. The van der Waals surface area contributed by atoms with Gasteiger partial charge in [-0.2, -0.15) is 0 Å². The Morgan fingerprint density at radius 3 is 2.44 bits per heavy atom. The monoisotopic (exact) mass is 1090 g/mol. The van der Waals surface area contributed by atoms with E-state index in [0.717, 1.165) is 64.2 Å². The summed E-state index contributed by atoms with van der Waals surface area (Å²) in [6.07, 6.45) is 5.32. The molecule has 22 heteroatoms. The lowest BCUT2D eigenvalue weighted by Crippen LogP contribution is -2.52. The van der Waals surface area contributed by atoms with Gasteiger partial charge in [0.2, 0.25) is 23.6 Å². The van der Waals surface area contributed by atoms with Crippen LogP contribution in [0.4, 0.5) is 0 Å². The molecule has 75 heavy (non-hydrogen) atoms. The molecular formula is C53H67Cl2N11O8S. The van der Waals surface area contributed by atoms with E-state index in [2.05, 4.69) is 39.2 Å². The highest BCUT2D eigenvalue weighted by molar-refractivity contribution is 7.15. The lowest BCUT2D eigenvalue weighted by atomic mass is 9.66. The number of hydrogen-bond acceptors (Lipinski definition) is 14. The van der Waals surface area contributed by atoms with E-state index >= 15 is 0 Å². The molecule has 1 saturated heterocycles. The van der Waals surface area contributed by atoms with Gasteiger partial charge in [-0.3, -0.25) is 33.5 Å². The molecule has 2 unspecified atom stereocenters. The van der Waals surface area contributed by atoms with Gasteiger partial charge in [0.1, 0.15) is 29.7 Å². The van der Waals surface area contributed by atoms with Crippen LogP contribution in [-0.2, 0) is 41.7 Å². The summed E-state index contributed by atoms with van der Waals surface area (Å²) in [5.41, 5.74) is 12.1. The highest BCUT2D eigenvalue weighted by atomic mass is 35.5. The summed E-state index contributed by atoms with van der Waals surface area (Å²) < 4.78 is 14.2. The fourth-order valence-corrected chi connectivity index (χ4v) is 12.3. The number of hydrogen-bond donors (Lipinski definition) is 5. The van der Waals surface area contributed by atoms with Gasteiger partial charge in [0.05, 0.1) is 54.2 Å². The number of amides is 4. The molecule has 1 spiro atoms. The fourth-order valence-electron chi connectivity index (χ4n) is 10.7. The Balaban J connectivity index is 0.000000267. The van der Waals surface area contributed by atoms with Crippen LogP contribution in [0, 0.1) is 37.5 Å². The second-order valence-corrected chi connectivity index (χ2v) is 22.6. The second kappa shape index (κ2) is 23.0. The number of thiophene rings is 1. The van der Waals surface area contributed by atoms with E-state index in [1.165, 1.54) is 27.9 Å². The number of nitrogens with two attached hydrogens (primary N) is 2. The molecule has 0 bridgehead atoms. The van der Waals surface area contributed by atoms with Gasteiger partial charge in [-0.15, -0.1) is 21.5 Å². The van der Waals surface area contributed by atoms with Gasteiger partial charge in [-0.1, -0.05) is 48.2 Å². The van der Waals surface area contributed by atoms with Gasteiger partial charge >= 0.3 is 5.97 Å². The number of ether oxygens (including phenoxy) is 2. The van der Waals surface area contributed by atoms with E-state index in [0.29, 0.717) is 67.4 Å².